The van der Waals surface area contributed by atoms with Gasteiger partial charge in [-0.25, -0.2) is 21.9 Å². The van der Waals surface area contributed by atoms with Crippen LogP contribution in [0.3, 0.4) is 0 Å². The van der Waals surface area contributed by atoms with E-state index in [2.05, 4.69) is 4.72 Å². The van der Waals surface area contributed by atoms with Crippen molar-refractivity contribution in [2.75, 3.05) is 6.54 Å². The SMILES string of the molecule is CCCC(Cl)CNS(=O)(=O)c1cc(F)ccc1F. The fourth-order valence-corrected chi connectivity index (χ4v) is 2.93. The number of rotatable bonds is 6. The second kappa shape index (κ2) is 6.45. The van der Waals surface area contributed by atoms with E-state index in [0.29, 0.717) is 12.5 Å². The summed E-state index contributed by atoms with van der Waals surface area (Å²) in [6, 6.07) is 2.27. The maximum absolute atomic E-state index is 13.3. The molecule has 18 heavy (non-hydrogen) atoms. The van der Waals surface area contributed by atoms with Gasteiger partial charge in [0.25, 0.3) is 0 Å². The van der Waals surface area contributed by atoms with Crippen LogP contribution in [0.25, 0.3) is 0 Å². The Morgan fingerprint density at radius 2 is 2.06 bits per heavy atom. The lowest BCUT2D eigenvalue weighted by molar-refractivity contribution is 0.544. The standard InChI is InChI=1S/C11H14ClF2NO2S/c1-2-3-8(12)7-15-18(16,17)11-6-9(13)4-5-10(11)14/h4-6,8,15H,2-3,7H2,1H3. The van der Waals surface area contributed by atoms with E-state index in [1.54, 1.807) is 0 Å². The first-order chi connectivity index (χ1) is 8.36. The third-order valence-corrected chi connectivity index (χ3v) is 4.09. The van der Waals surface area contributed by atoms with E-state index >= 15 is 0 Å². The Morgan fingerprint density at radius 1 is 1.39 bits per heavy atom. The highest BCUT2D eigenvalue weighted by Crippen LogP contribution is 2.16. The molecule has 0 fully saturated rings. The number of benzene rings is 1. The second-order valence-electron chi connectivity index (χ2n) is 3.81. The molecule has 1 rings (SSSR count). The zero-order valence-electron chi connectivity index (χ0n) is 9.79. The summed E-state index contributed by atoms with van der Waals surface area (Å²) in [5, 5.41) is -0.374. The van der Waals surface area contributed by atoms with Gasteiger partial charge >= 0.3 is 0 Å². The molecule has 3 nitrogen and oxygen atoms in total. The molecule has 0 amide bonds. The third-order valence-electron chi connectivity index (χ3n) is 2.28. The number of hydrogen-bond acceptors (Lipinski definition) is 2. The minimum absolute atomic E-state index is 0.0202. The van der Waals surface area contributed by atoms with Gasteiger partial charge < -0.3 is 0 Å². The molecule has 0 bridgehead atoms. The highest BCUT2D eigenvalue weighted by atomic mass is 35.5. The summed E-state index contributed by atoms with van der Waals surface area (Å²) in [6.07, 6.45) is 1.44. The molecule has 7 heteroatoms. The molecule has 1 aromatic rings. The number of halogens is 3. The van der Waals surface area contributed by atoms with Gasteiger partial charge in [-0.1, -0.05) is 13.3 Å². The molecule has 1 aromatic carbocycles. The van der Waals surface area contributed by atoms with Crippen LogP contribution in [0.5, 0.6) is 0 Å². The first-order valence-electron chi connectivity index (χ1n) is 5.45. The van der Waals surface area contributed by atoms with Crippen molar-refractivity contribution in [3.05, 3.63) is 29.8 Å². The van der Waals surface area contributed by atoms with Crippen LogP contribution < -0.4 is 4.72 Å². The van der Waals surface area contributed by atoms with Gasteiger partial charge in [-0.15, -0.1) is 11.6 Å². The van der Waals surface area contributed by atoms with Crippen LogP contribution in [0, 0.1) is 11.6 Å². The van der Waals surface area contributed by atoms with Gasteiger partial charge in [0.15, 0.2) is 0 Å². The molecule has 1 atom stereocenters. The van der Waals surface area contributed by atoms with Gasteiger partial charge in [0.05, 0.1) is 0 Å². The van der Waals surface area contributed by atoms with Gasteiger partial charge in [-0.2, -0.15) is 0 Å². The van der Waals surface area contributed by atoms with Gasteiger partial charge in [-0.05, 0) is 24.6 Å². The summed E-state index contributed by atoms with van der Waals surface area (Å²) in [7, 11) is -4.08. The fourth-order valence-electron chi connectivity index (χ4n) is 1.38. The predicted molar refractivity (Wildman–Crippen MR) is 66.1 cm³/mol. The minimum atomic E-state index is -4.08. The lowest BCUT2D eigenvalue weighted by Crippen LogP contribution is -2.30. The Kier molecular flexibility index (Phi) is 5.49. The lowest BCUT2D eigenvalue weighted by atomic mass is 10.2. The molecular formula is C11H14ClF2NO2S. The molecule has 1 unspecified atom stereocenters. The molecule has 0 radical (unpaired) electrons. The van der Waals surface area contributed by atoms with Crippen molar-refractivity contribution < 1.29 is 17.2 Å². The van der Waals surface area contributed by atoms with Crippen molar-refractivity contribution in [3.8, 4) is 0 Å². The maximum Gasteiger partial charge on any atom is 0.243 e. The van der Waals surface area contributed by atoms with Crippen molar-refractivity contribution in [1.82, 2.24) is 4.72 Å². The Labute approximate surface area is 110 Å². The summed E-state index contributed by atoms with van der Waals surface area (Å²) >= 11 is 5.85. The Balaban J connectivity index is 2.83. The topological polar surface area (TPSA) is 46.2 Å². The molecule has 0 heterocycles. The van der Waals surface area contributed by atoms with E-state index in [4.69, 9.17) is 11.6 Å². The largest absolute Gasteiger partial charge is 0.243 e. The Hall–Kier alpha value is -0.720. The van der Waals surface area contributed by atoms with Gasteiger partial charge in [-0.3, -0.25) is 0 Å². The number of nitrogens with one attached hydrogen (secondary N) is 1. The normalized spacial score (nSPS) is 13.6. The molecule has 0 spiro atoms. The van der Waals surface area contributed by atoms with Gasteiger partial charge in [0, 0.05) is 11.9 Å². The van der Waals surface area contributed by atoms with E-state index < -0.39 is 26.6 Å². The zero-order chi connectivity index (χ0) is 13.8. The Morgan fingerprint density at radius 3 is 2.67 bits per heavy atom. The highest BCUT2D eigenvalue weighted by Gasteiger charge is 2.20. The number of alkyl halides is 1. The molecule has 0 aliphatic heterocycles. The number of sulfonamides is 1. The van der Waals surface area contributed by atoms with Crippen molar-refractivity contribution in [3.63, 3.8) is 0 Å². The van der Waals surface area contributed by atoms with Crippen LogP contribution >= 0.6 is 11.6 Å². The average molecular weight is 298 g/mol. The third kappa shape index (κ3) is 4.19. The van der Waals surface area contributed by atoms with E-state index in [0.717, 1.165) is 18.6 Å². The van der Waals surface area contributed by atoms with E-state index in [1.165, 1.54) is 0 Å². The Bertz CT molecular complexity index is 508. The van der Waals surface area contributed by atoms with Gasteiger partial charge in [0.2, 0.25) is 10.0 Å². The molecule has 0 aliphatic carbocycles. The van der Waals surface area contributed by atoms with E-state index in [9.17, 15) is 17.2 Å². The predicted octanol–water partition coefficient (Wildman–Crippen LogP) is 2.65. The molecular weight excluding hydrogens is 284 g/mol. The van der Waals surface area contributed by atoms with Crippen molar-refractivity contribution in [1.29, 1.82) is 0 Å². The van der Waals surface area contributed by atoms with E-state index in [-0.39, 0.29) is 11.9 Å². The van der Waals surface area contributed by atoms with Crippen LogP contribution in [0.1, 0.15) is 19.8 Å². The summed E-state index contributed by atoms with van der Waals surface area (Å²) in [4.78, 5) is -0.706. The monoisotopic (exact) mass is 297 g/mol. The first-order valence-corrected chi connectivity index (χ1v) is 7.37. The van der Waals surface area contributed by atoms with Crippen LogP contribution in [0.15, 0.2) is 23.1 Å². The minimum Gasteiger partial charge on any atom is -0.210 e. The van der Waals surface area contributed by atoms with Crippen molar-refractivity contribution in [2.45, 2.75) is 30.0 Å². The van der Waals surface area contributed by atoms with Crippen LogP contribution in [0.4, 0.5) is 8.78 Å². The molecule has 0 saturated heterocycles. The summed E-state index contributed by atoms with van der Waals surface area (Å²) in [5.74, 6) is -1.81. The highest BCUT2D eigenvalue weighted by molar-refractivity contribution is 7.89. The average Bonchev–Trinajstić information content (AvgIpc) is 2.30. The summed E-state index contributed by atoms with van der Waals surface area (Å²) in [5.41, 5.74) is 0. The molecule has 0 saturated carbocycles. The molecule has 102 valence electrons. The van der Waals surface area contributed by atoms with Crippen LogP contribution in [-0.2, 0) is 10.0 Å². The fraction of sp³-hybridized carbons (Fsp3) is 0.455. The smallest absolute Gasteiger partial charge is 0.210 e. The van der Waals surface area contributed by atoms with E-state index in [1.807, 2.05) is 6.92 Å². The maximum atomic E-state index is 13.3. The second-order valence-corrected chi connectivity index (χ2v) is 6.17. The summed E-state index contributed by atoms with van der Waals surface area (Å²) < 4.78 is 51.9. The van der Waals surface area contributed by atoms with Crippen molar-refractivity contribution >= 4 is 21.6 Å². The van der Waals surface area contributed by atoms with Crippen LogP contribution in [0.2, 0.25) is 0 Å². The van der Waals surface area contributed by atoms with Crippen molar-refractivity contribution in [2.24, 2.45) is 0 Å². The molecule has 0 aliphatic rings. The first kappa shape index (κ1) is 15.3. The molecule has 1 N–H and O–H groups in total. The van der Waals surface area contributed by atoms with Crippen LogP contribution in [-0.4, -0.2) is 20.3 Å². The van der Waals surface area contributed by atoms with Gasteiger partial charge in [0.1, 0.15) is 16.5 Å². The molecule has 0 aromatic heterocycles. The number of hydrogen-bond donors (Lipinski definition) is 1. The lowest BCUT2D eigenvalue weighted by Gasteiger charge is -2.11. The zero-order valence-corrected chi connectivity index (χ0v) is 11.4. The summed E-state index contributed by atoms with van der Waals surface area (Å²) in [6.45, 7) is 1.89. The quantitative estimate of drug-likeness (QED) is 0.821.